The van der Waals surface area contributed by atoms with Crippen LogP contribution in [0.4, 0.5) is 5.69 Å². The van der Waals surface area contributed by atoms with E-state index in [-0.39, 0.29) is 53.8 Å². The van der Waals surface area contributed by atoms with Gasteiger partial charge in [0.05, 0.1) is 35.3 Å². The Morgan fingerprint density at radius 2 is 1.83 bits per heavy atom. The van der Waals surface area contributed by atoms with Crippen molar-refractivity contribution in [3.63, 3.8) is 0 Å². The van der Waals surface area contributed by atoms with E-state index in [9.17, 15) is 23.1 Å². The van der Waals surface area contributed by atoms with E-state index in [0.717, 1.165) is 12.8 Å². The zero-order chi connectivity index (χ0) is 34.1. The number of fused-ring (bicyclic) bond motifs is 1. The highest BCUT2D eigenvalue weighted by atomic mass is 35.5. The average molecular weight is 687 g/mol. The Hall–Kier alpha value is -3.71. The van der Waals surface area contributed by atoms with E-state index in [1.807, 2.05) is 13.8 Å². The SMILES string of the molecule is C[C@H](CO)N1C[C@H](C)[C@@H](CN(C)C(=O)c2ccncc2)OCCCC[C@H](C)Oc2ccc(NS(=O)(=O)c3ccc(Cl)cc3)cc2C1=O. The number of halogens is 1. The van der Waals surface area contributed by atoms with E-state index < -0.39 is 28.1 Å². The molecule has 2 aromatic carbocycles. The van der Waals surface area contributed by atoms with Crippen molar-refractivity contribution in [2.24, 2.45) is 5.92 Å². The molecule has 1 aromatic heterocycles. The molecule has 2 amide bonds. The third kappa shape index (κ3) is 9.66. The Balaban J connectivity index is 1.66. The molecule has 0 saturated carbocycles. The molecule has 2 heterocycles. The van der Waals surface area contributed by atoms with Crippen molar-refractivity contribution in [1.29, 1.82) is 0 Å². The molecule has 0 bridgehead atoms. The van der Waals surface area contributed by atoms with Crippen LogP contribution in [0.1, 0.15) is 60.7 Å². The van der Waals surface area contributed by atoms with Crippen LogP contribution >= 0.6 is 11.6 Å². The summed E-state index contributed by atoms with van der Waals surface area (Å²) in [6.45, 7) is 6.23. The number of nitrogens with one attached hydrogen (secondary N) is 1. The lowest BCUT2D eigenvalue weighted by Gasteiger charge is -2.36. The molecule has 0 radical (unpaired) electrons. The van der Waals surface area contributed by atoms with Crippen LogP contribution in [0.15, 0.2) is 71.9 Å². The first-order valence-corrected chi connectivity index (χ1v) is 17.5. The molecule has 2 N–H and O–H groups in total. The summed E-state index contributed by atoms with van der Waals surface area (Å²) in [5, 5.41) is 10.6. The highest BCUT2D eigenvalue weighted by Crippen LogP contribution is 2.30. The van der Waals surface area contributed by atoms with Gasteiger partial charge in [0.2, 0.25) is 0 Å². The van der Waals surface area contributed by atoms with Crippen LogP contribution in [-0.4, -0.2) is 91.7 Å². The minimum atomic E-state index is -3.99. The van der Waals surface area contributed by atoms with E-state index in [4.69, 9.17) is 21.1 Å². The van der Waals surface area contributed by atoms with Crippen molar-refractivity contribution >= 4 is 39.1 Å². The normalized spacial score (nSPS) is 20.3. The monoisotopic (exact) mass is 686 g/mol. The fourth-order valence-electron chi connectivity index (χ4n) is 5.34. The summed E-state index contributed by atoms with van der Waals surface area (Å²) in [7, 11) is -2.28. The van der Waals surface area contributed by atoms with Gasteiger partial charge in [-0.25, -0.2) is 8.42 Å². The molecule has 0 fully saturated rings. The van der Waals surface area contributed by atoms with Crippen LogP contribution in [0.2, 0.25) is 5.02 Å². The number of pyridine rings is 1. The number of ether oxygens (including phenoxy) is 2. The topological polar surface area (TPSA) is 138 Å². The molecule has 0 saturated heterocycles. The van der Waals surface area contributed by atoms with Crippen molar-refractivity contribution in [2.75, 3.05) is 38.1 Å². The molecule has 11 nitrogen and oxygen atoms in total. The van der Waals surface area contributed by atoms with Crippen LogP contribution in [0.3, 0.4) is 0 Å². The lowest BCUT2D eigenvalue weighted by molar-refractivity contribution is -0.0149. The highest BCUT2D eigenvalue weighted by Gasteiger charge is 2.31. The molecule has 0 aliphatic carbocycles. The third-order valence-corrected chi connectivity index (χ3v) is 9.80. The minimum absolute atomic E-state index is 0.0148. The number of aliphatic hydroxyl groups excluding tert-OH is 1. The predicted octanol–water partition coefficient (Wildman–Crippen LogP) is 5.10. The van der Waals surface area contributed by atoms with E-state index in [1.54, 1.807) is 60.4 Å². The van der Waals surface area contributed by atoms with Crippen LogP contribution < -0.4 is 9.46 Å². The summed E-state index contributed by atoms with van der Waals surface area (Å²) in [5.74, 6) is -0.552. The number of carbonyl (C=O) groups is 2. The number of sulfonamides is 1. The van der Waals surface area contributed by atoms with Crippen molar-refractivity contribution < 1.29 is 32.6 Å². The number of carbonyl (C=O) groups excluding carboxylic acids is 2. The summed E-state index contributed by atoms with van der Waals surface area (Å²) in [6, 6.07) is 13.1. The number of likely N-dealkylation sites (N-methyl/N-ethyl adjacent to an activating group) is 1. The van der Waals surface area contributed by atoms with Gasteiger partial charge in [-0.3, -0.25) is 19.3 Å². The molecule has 0 unspecified atom stereocenters. The number of benzene rings is 2. The molecule has 4 atom stereocenters. The van der Waals surface area contributed by atoms with Gasteiger partial charge in [0.1, 0.15) is 5.75 Å². The number of aliphatic hydroxyl groups is 1. The van der Waals surface area contributed by atoms with Crippen molar-refractivity contribution in [3.05, 3.63) is 83.1 Å². The summed E-state index contributed by atoms with van der Waals surface area (Å²) in [4.78, 5) is 34.6. The molecule has 47 heavy (non-hydrogen) atoms. The van der Waals surface area contributed by atoms with Crippen molar-refractivity contribution in [1.82, 2.24) is 14.8 Å². The number of hydrogen-bond acceptors (Lipinski definition) is 8. The lowest BCUT2D eigenvalue weighted by Crippen LogP contribution is -2.48. The van der Waals surface area contributed by atoms with Gasteiger partial charge in [-0.1, -0.05) is 18.5 Å². The smallest absolute Gasteiger partial charge is 0.261 e. The minimum Gasteiger partial charge on any atom is -0.490 e. The zero-order valence-electron chi connectivity index (χ0n) is 27.1. The van der Waals surface area contributed by atoms with Crippen LogP contribution in [-0.2, 0) is 14.8 Å². The maximum Gasteiger partial charge on any atom is 0.261 e. The van der Waals surface area contributed by atoms with Gasteiger partial charge < -0.3 is 24.4 Å². The Morgan fingerprint density at radius 3 is 2.51 bits per heavy atom. The van der Waals surface area contributed by atoms with E-state index in [2.05, 4.69) is 9.71 Å². The van der Waals surface area contributed by atoms with E-state index in [1.165, 1.54) is 30.3 Å². The molecule has 254 valence electrons. The van der Waals surface area contributed by atoms with Crippen LogP contribution in [0, 0.1) is 5.92 Å². The first-order chi connectivity index (χ1) is 22.4. The Bertz CT molecular complexity index is 1610. The third-order valence-electron chi connectivity index (χ3n) is 8.16. The number of amides is 2. The molecule has 0 spiro atoms. The van der Waals surface area contributed by atoms with Gasteiger partial charge in [0.15, 0.2) is 0 Å². The largest absolute Gasteiger partial charge is 0.490 e. The van der Waals surface area contributed by atoms with Gasteiger partial charge in [0, 0.05) is 61.3 Å². The molecule has 1 aliphatic rings. The maximum atomic E-state index is 14.3. The Morgan fingerprint density at radius 1 is 1.13 bits per heavy atom. The van der Waals surface area contributed by atoms with Gasteiger partial charge >= 0.3 is 0 Å². The Kier molecular flexibility index (Phi) is 12.6. The van der Waals surface area contributed by atoms with Crippen molar-refractivity contribution in [3.8, 4) is 5.75 Å². The average Bonchev–Trinajstić information content (AvgIpc) is 3.06. The van der Waals surface area contributed by atoms with Crippen LogP contribution in [0.25, 0.3) is 0 Å². The number of nitrogens with zero attached hydrogens (tertiary/aromatic N) is 3. The van der Waals surface area contributed by atoms with Gasteiger partial charge in [0.25, 0.3) is 21.8 Å². The fraction of sp³-hybridized carbons (Fsp3) is 0.441. The first-order valence-electron chi connectivity index (χ1n) is 15.7. The molecule has 13 heteroatoms. The lowest BCUT2D eigenvalue weighted by atomic mass is 10.0. The number of rotatable bonds is 8. The fourth-order valence-corrected chi connectivity index (χ4v) is 6.52. The predicted molar refractivity (Wildman–Crippen MR) is 180 cm³/mol. The number of anilines is 1. The second kappa shape index (κ2) is 16.4. The van der Waals surface area contributed by atoms with Crippen LogP contribution in [0.5, 0.6) is 5.75 Å². The van der Waals surface area contributed by atoms with Gasteiger partial charge in [-0.2, -0.15) is 0 Å². The number of aromatic nitrogens is 1. The number of hydrogen-bond donors (Lipinski definition) is 2. The molecule has 1 aliphatic heterocycles. The molecular weight excluding hydrogens is 644 g/mol. The Labute approximate surface area is 281 Å². The quantitative estimate of drug-likeness (QED) is 0.334. The summed E-state index contributed by atoms with van der Waals surface area (Å²) in [6.07, 6.45) is 4.75. The standard InChI is InChI=1S/C34H43ClN4O7S/c1-23-20-39(24(2)22-40)34(42)30-19-28(37-47(43,44)29-11-8-27(35)9-12-29)10-13-31(30)46-25(3)7-5-6-18-45-32(23)21-38(4)33(41)26-14-16-36-17-15-26/h8-17,19,23-25,32,37,40H,5-7,18,20-22H2,1-4H3/t23-,24+,25-,32+/m0/s1. The zero-order valence-corrected chi connectivity index (χ0v) is 28.7. The maximum absolute atomic E-state index is 14.3. The summed E-state index contributed by atoms with van der Waals surface area (Å²) in [5.41, 5.74) is 0.835. The summed E-state index contributed by atoms with van der Waals surface area (Å²) >= 11 is 5.94. The highest BCUT2D eigenvalue weighted by molar-refractivity contribution is 7.92. The van der Waals surface area contributed by atoms with E-state index >= 15 is 0 Å². The first kappa shape index (κ1) is 36.1. The molecular formula is C34H43ClN4O7S. The van der Waals surface area contributed by atoms with E-state index in [0.29, 0.717) is 29.4 Å². The summed E-state index contributed by atoms with van der Waals surface area (Å²) < 4.78 is 41.5. The second-order valence-electron chi connectivity index (χ2n) is 12.0. The molecule has 3 aromatic rings. The van der Waals surface area contributed by atoms with Gasteiger partial charge in [-0.05, 0) is 87.7 Å². The second-order valence-corrected chi connectivity index (χ2v) is 14.1. The molecule has 4 rings (SSSR count). The van der Waals surface area contributed by atoms with Crippen molar-refractivity contribution in [2.45, 2.75) is 63.2 Å². The van der Waals surface area contributed by atoms with Gasteiger partial charge in [-0.15, -0.1) is 0 Å².